The van der Waals surface area contributed by atoms with Crippen LogP contribution in [0.5, 0.6) is 0 Å². The summed E-state index contributed by atoms with van der Waals surface area (Å²) < 4.78 is 0.869. The number of amides is 1. The van der Waals surface area contributed by atoms with Crippen LogP contribution in [0.1, 0.15) is 19.2 Å². The van der Waals surface area contributed by atoms with E-state index in [0.717, 1.165) is 5.65 Å². The minimum absolute atomic E-state index is 0.162. The van der Waals surface area contributed by atoms with Crippen molar-refractivity contribution in [1.82, 2.24) is 19.9 Å². The summed E-state index contributed by atoms with van der Waals surface area (Å²) in [6.45, 7) is 2.05. The molecule has 1 aliphatic carbocycles. The van der Waals surface area contributed by atoms with Gasteiger partial charge in [0.1, 0.15) is 4.33 Å². The molecule has 2 heterocycles. The summed E-state index contributed by atoms with van der Waals surface area (Å²) in [4.78, 5) is 12.0. The van der Waals surface area contributed by atoms with E-state index in [9.17, 15) is 4.79 Å². The summed E-state index contributed by atoms with van der Waals surface area (Å²) in [6, 6.07) is 5.61. The van der Waals surface area contributed by atoms with Crippen molar-refractivity contribution in [3.05, 3.63) is 30.2 Å². The predicted molar refractivity (Wildman–Crippen MR) is 72.0 cm³/mol. The highest BCUT2D eigenvalue weighted by atomic mass is 35.5. The van der Waals surface area contributed by atoms with Crippen LogP contribution in [0.3, 0.4) is 0 Å². The van der Waals surface area contributed by atoms with Crippen LogP contribution in [0.4, 0.5) is 0 Å². The van der Waals surface area contributed by atoms with E-state index in [-0.39, 0.29) is 5.91 Å². The number of pyridine rings is 1. The van der Waals surface area contributed by atoms with E-state index in [4.69, 9.17) is 23.2 Å². The van der Waals surface area contributed by atoms with E-state index >= 15 is 0 Å². The highest BCUT2D eigenvalue weighted by Crippen LogP contribution is 2.63. The van der Waals surface area contributed by atoms with Crippen LogP contribution in [-0.4, -0.2) is 24.8 Å². The first-order chi connectivity index (χ1) is 8.94. The van der Waals surface area contributed by atoms with Crippen LogP contribution < -0.4 is 5.32 Å². The van der Waals surface area contributed by atoms with E-state index < -0.39 is 9.75 Å². The van der Waals surface area contributed by atoms with Crippen LogP contribution in [0.15, 0.2) is 24.4 Å². The van der Waals surface area contributed by atoms with E-state index in [1.54, 1.807) is 6.92 Å². The summed E-state index contributed by atoms with van der Waals surface area (Å²) >= 11 is 11.9. The van der Waals surface area contributed by atoms with Crippen molar-refractivity contribution >= 4 is 34.8 Å². The Hall–Kier alpha value is -1.33. The standard InChI is InChI=1S/C12H12Cl2N4O/c1-11(7-12(11,13)14)10(19)15-6-9-17-16-8-4-2-3-5-18(8)9/h2-5H,6-7H2,1H3,(H,15,19). The Kier molecular flexibility index (Phi) is 2.73. The molecule has 0 aliphatic heterocycles. The van der Waals surface area contributed by atoms with Crippen LogP contribution in [0.2, 0.25) is 0 Å². The number of nitrogens with zero attached hydrogens (tertiary/aromatic N) is 3. The Morgan fingerprint density at radius 2 is 2.21 bits per heavy atom. The molecule has 0 bridgehead atoms. The second-order valence-corrected chi connectivity index (χ2v) is 6.42. The third kappa shape index (κ3) is 1.97. The molecular weight excluding hydrogens is 287 g/mol. The van der Waals surface area contributed by atoms with Gasteiger partial charge >= 0.3 is 0 Å². The van der Waals surface area contributed by atoms with Crippen molar-refractivity contribution < 1.29 is 4.79 Å². The Bertz CT molecular complexity index is 654. The second-order valence-electron chi connectivity index (χ2n) is 4.94. The van der Waals surface area contributed by atoms with Crippen molar-refractivity contribution in [1.29, 1.82) is 0 Å². The SMILES string of the molecule is CC1(C(=O)NCc2nnc3ccccn23)CC1(Cl)Cl. The maximum atomic E-state index is 12.0. The normalized spacial score (nSPS) is 24.4. The largest absolute Gasteiger partial charge is 0.348 e. The van der Waals surface area contributed by atoms with Gasteiger partial charge in [0.25, 0.3) is 0 Å². The van der Waals surface area contributed by atoms with Crippen LogP contribution in [0.25, 0.3) is 5.65 Å². The molecule has 1 N–H and O–H groups in total. The molecule has 1 atom stereocenters. The van der Waals surface area contributed by atoms with E-state index in [1.807, 2.05) is 28.8 Å². The van der Waals surface area contributed by atoms with Crippen LogP contribution >= 0.6 is 23.2 Å². The summed E-state index contributed by atoms with van der Waals surface area (Å²) in [7, 11) is 0. The third-order valence-corrected chi connectivity index (χ3v) is 4.65. The van der Waals surface area contributed by atoms with Gasteiger partial charge in [0, 0.05) is 6.20 Å². The van der Waals surface area contributed by atoms with Gasteiger partial charge in [-0.1, -0.05) is 6.07 Å². The fourth-order valence-corrected chi connectivity index (χ4v) is 2.72. The van der Waals surface area contributed by atoms with Crippen molar-refractivity contribution in [2.45, 2.75) is 24.2 Å². The molecule has 19 heavy (non-hydrogen) atoms. The maximum Gasteiger partial charge on any atom is 0.229 e. The number of rotatable bonds is 3. The predicted octanol–water partition coefficient (Wildman–Crippen LogP) is 1.93. The van der Waals surface area contributed by atoms with Gasteiger partial charge < -0.3 is 5.32 Å². The number of halogens is 2. The van der Waals surface area contributed by atoms with Crippen molar-refractivity contribution in [3.63, 3.8) is 0 Å². The quantitative estimate of drug-likeness (QED) is 0.881. The number of hydrogen-bond acceptors (Lipinski definition) is 3. The Labute approximate surface area is 119 Å². The van der Waals surface area contributed by atoms with Crippen LogP contribution in [0, 0.1) is 5.41 Å². The van der Waals surface area contributed by atoms with Gasteiger partial charge in [-0.3, -0.25) is 9.20 Å². The zero-order valence-corrected chi connectivity index (χ0v) is 11.7. The zero-order valence-electron chi connectivity index (χ0n) is 10.2. The number of fused-ring (bicyclic) bond motifs is 1. The van der Waals surface area contributed by atoms with E-state index in [1.165, 1.54) is 0 Å². The Morgan fingerprint density at radius 3 is 2.89 bits per heavy atom. The number of nitrogens with one attached hydrogen (secondary N) is 1. The fourth-order valence-electron chi connectivity index (χ4n) is 2.01. The van der Waals surface area contributed by atoms with E-state index in [0.29, 0.717) is 18.8 Å². The first-order valence-electron chi connectivity index (χ1n) is 5.89. The number of alkyl halides is 2. The second kappa shape index (κ2) is 4.08. The van der Waals surface area contributed by atoms with Gasteiger partial charge in [0.15, 0.2) is 11.5 Å². The smallest absolute Gasteiger partial charge is 0.229 e. The van der Waals surface area contributed by atoms with Gasteiger partial charge in [-0.05, 0) is 25.5 Å². The molecular formula is C12H12Cl2N4O. The molecule has 1 saturated carbocycles. The monoisotopic (exact) mass is 298 g/mol. The molecule has 0 aromatic carbocycles. The summed E-state index contributed by atoms with van der Waals surface area (Å²) in [5, 5.41) is 10.9. The lowest BCUT2D eigenvalue weighted by Crippen LogP contribution is -2.33. The van der Waals surface area contributed by atoms with Crippen LogP contribution in [-0.2, 0) is 11.3 Å². The van der Waals surface area contributed by atoms with Gasteiger partial charge in [-0.25, -0.2) is 0 Å². The first kappa shape index (κ1) is 12.7. The zero-order chi connectivity index (χ0) is 13.7. The van der Waals surface area contributed by atoms with E-state index in [2.05, 4.69) is 15.5 Å². The van der Waals surface area contributed by atoms with Crippen molar-refractivity contribution in [2.75, 3.05) is 0 Å². The Balaban J connectivity index is 1.72. The number of carbonyl (C=O) groups is 1. The molecule has 1 amide bonds. The van der Waals surface area contributed by atoms with Gasteiger partial charge in [-0.15, -0.1) is 33.4 Å². The summed E-state index contributed by atoms with van der Waals surface area (Å²) in [5.74, 6) is 0.508. The number of hydrogen-bond donors (Lipinski definition) is 1. The number of aromatic nitrogens is 3. The molecule has 0 spiro atoms. The van der Waals surface area contributed by atoms with Gasteiger partial charge in [0.2, 0.25) is 5.91 Å². The molecule has 0 saturated heterocycles. The molecule has 2 aromatic rings. The fraction of sp³-hybridized carbons (Fsp3) is 0.417. The molecule has 100 valence electrons. The molecule has 5 nitrogen and oxygen atoms in total. The Morgan fingerprint density at radius 1 is 1.47 bits per heavy atom. The maximum absolute atomic E-state index is 12.0. The summed E-state index contributed by atoms with van der Waals surface area (Å²) in [5.41, 5.74) is 0.0322. The van der Waals surface area contributed by atoms with Crippen molar-refractivity contribution in [3.8, 4) is 0 Å². The lowest BCUT2D eigenvalue weighted by Gasteiger charge is -2.11. The average molecular weight is 299 g/mol. The molecule has 2 aromatic heterocycles. The average Bonchev–Trinajstić information content (AvgIpc) is 2.75. The third-order valence-electron chi connectivity index (χ3n) is 3.55. The first-order valence-corrected chi connectivity index (χ1v) is 6.64. The minimum Gasteiger partial charge on any atom is -0.348 e. The highest BCUT2D eigenvalue weighted by molar-refractivity contribution is 6.53. The summed E-state index contributed by atoms with van der Waals surface area (Å²) in [6.07, 6.45) is 2.32. The molecule has 0 radical (unpaired) electrons. The highest BCUT2D eigenvalue weighted by Gasteiger charge is 2.67. The lowest BCUT2D eigenvalue weighted by molar-refractivity contribution is -0.126. The van der Waals surface area contributed by atoms with Gasteiger partial charge in [0.05, 0.1) is 12.0 Å². The van der Waals surface area contributed by atoms with Gasteiger partial charge in [-0.2, -0.15) is 0 Å². The van der Waals surface area contributed by atoms with Crippen molar-refractivity contribution in [2.24, 2.45) is 5.41 Å². The molecule has 1 fully saturated rings. The molecule has 7 heteroatoms. The number of carbonyl (C=O) groups excluding carboxylic acids is 1. The topological polar surface area (TPSA) is 59.3 Å². The minimum atomic E-state index is -0.954. The molecule has 1 aliphatic rings. The molecule has 1 unspecified atom stereocenters. The lowest BCUT2D eigenvalue weighted by atomic mass is 10.1. The molecule has 3 rings (SSSR count).